The van der Waals surface area contributed by atoms with E-state index in [0.29, 0.717) is 18.4 Å². The third kappa shape index (κ3) is 3.69. The number of nitrogens with one attached hydrogen (secondary N) is 1. The highest BCUT2D eigenvalue weighted by Crippen LogP contribution is 2.33. The van der Waals surface area contributed by atoms with Crippen molar-refractivity contribution in [3.8, 4) is 0 Å². The van der Waals surface area contributed by atoms with Gasteiger partial charge in [-0.15, -0.1) is 0 Å². The summed E-state index contributed by atoms with van der Waals surface area (Å²) < 4.78 is 5.06. The quantitative estimate of drug-likeness (QED) is 0.350. The number of amides is 3. The summed E-state index contributed by atoms with van der Waals surface area (Å²) in [5.74, 6) is -0.826. The number of ether oxygens (including phenoxy) is 1. The van der Waals surface area contributed by atoms with Gasteiger partial charge in [0, 0.05) is 23.6 Å². The normalized spacial score (nSPS) is 18.8. The van der Waals surface area contributed by atoms with Crippen molar-refractivity contribution in [2.45, 2.75) is 50.7 Å². The van der Waals surface area contributed by atoms with E-state index in [1.807, 2.05) is 0 Å². The van der Waals surface area contributed by atoms with Crippen LogP contribution in [0.2, 0.25) is 0 Å². The number of imide groups is 1. The van der Waals surface area contributed by atoms with Crippen LogP contribution in [0.15, 0.2) is 11.4 Å². The Kier molecular flexibility index (Phi) is 5.21. The fraction of sp³-hybridized carbons (Fsp3) is 0.562. The summed E-state index contributed by atoms with van der Waals surface area (Å²) in [6, 6.07) is 0.889. The molecule has 10 heteroatoms. The van der Waals surface area contributed by atoms with Crippen LogP contribution in [0.3, 0.4) is 0 Å². The van der Waals surface area contributed by atoms with Crippen molar-refractivity contribution < 1.29 is 24.0 Å². The summed E-state index contributed by atoms with van der Waals surface area (Å²) in [6.07, 6.45) is 4.01. The molecular formula is C16H19N3O6S. The molecule has 140 valence electrons. The Bertz CT molecular complexity index is 740. The molecule has 2 heterocycles. The second-order valence-electron chi connectivity index (χ2n) is 6.49. The Morgan fingerprint density at radius 1 is 1.35 bits per heavy atom. The Labute approximate surface area is 153 Å². The number of urea groups is 1. The largest absolute Gasteiger partial charge is 0.461 e. The van der Waals surface area contributed by atoms with Crippen LogP contribution in [0.1, 0.15) is 44.1 Å². The van der Waals surface area contributed by atoms with E-state index in [9.17, 15) is 24.5 Å². The second-order valence-corrected chi connectivity index (χ2v) is 7.38. The van der Waals surface area contributed by atoms with Crippen LogP contribution in [0.4, 0.5) is 9.80 Å². The third-order valence-electron chi connectivity index (χ3n) is 4.71. The van der Waals surface area contributed by atoms with Crippen molar-refractivity contribution >= 4 is 34.2 Å². The molecule has 0 atom stereocenters. The topological polar surface area (TPSA) is 119 Å². The van der Waals surface area contributed by atoms with Crippen LogP contribution < -0.4 is 5.32 Å². The Morgan fingerprint density at radius 2 is 2.08 bits per heavy atom. The van der Waals surface area contributed by atoms with Gasteiger partial charge < -0.3 is 10.1 Å². The highest BCUT2D eigenvalue weighted by Gasteiger charge is 2.51. The van der Waals surface area contributed by atoms with Gasteiger partial charge in [0.1, 0.15) is 12.1 Å². The van der Waals surface area contributed by atoms with E-state index in [2.05, 4.69) is 5.32 Å². The molecular weight excluding hydrogens is 362 g/mol. The van der Waals surface area contributed by atoms with Gasteiger partial charge in [0.15, 0.2) is 0 Å². The first kappa shape index (κ1) is 18.3. The zero-order chi connectivity index (χ0) is 18.7. The number of carbonyl (C=O) groups is 3. The van der Waals surface area contributed by atoms with Crippen LogP contribution >= 0.6 is 11.3 Å². The number of carbonyl (C=O) groups excluding carboxylic acids is 3. The van der Waals surface area contributed by atoms with Gasteiger partial charge in [-0.1, -0.05) is 30.6 Å². The SMILES string of the molecule is O=C(CCN1C(=O)NC2(CCCCC2)C1=O)OCc1csc([N+](=O)[O-])c1. The zero-order valence-electron chi connectivity index (χ0n) is 14.1. The Morgan fingerprint density at radius 3 is 2.73 bits per heavy atom. The second kappa shape index (κ2) is 7.40. The molecule has 2 fully saturated rings. The standard InChI is InChI=1S/C16H19N3O6S/c20-13(25-9-11-8-12(19(23)24)26-10-11)4-7-18-14(21)16(17-15(18)22)5-2-1-3-6-16/h8,10H,1-7,9H2,(H,17,22). The lowest BCUT2D eigenvalue weighted by Gasteiger charge is -2.30. The smallest absolute Gasteiger partial charge is 0.325 e. The maximum atomic E-state index is 12.6. The first-order valence-electron chi connectivity index (χ1n) is 8.43. The van der Waals surface area contributed by atoms with E-state index in [-0.39, 0.29) is 30.5 Å². The fourth-order valence-corrected chi connectivity index (χ4v) is 4.06. The number of rotatable bonds is 6. The van der Waals surface area contributed by atoms with E-state index < -0.39 is 22.5 Å². The van der Waals surface area contributed by atoms with Crippen LogP contribution in [0.25, 0.3) is 0 Å². The highest BCUT2D eigenvalue weighted by atomic mass is 32.1. The van der Waals surface area contributed by atoms with Crippen LogP contribution in [0, 0.1) is 10.1 Å². The molecule has 1 aliphatic heterocycles. The van der Waals surface area contributed by atoms with Gasteiger partial charge in [-0.25, -0.2) is 4.79 Å². The number of thiophene rings is 1. The van der Waals surface area contributed by atoms with Gasteiger partial charge in [-0.3, -0.25) is 24.6 Å². The Hall–Kier alpha value is -2.49. The van der Waals surface area contributed by atoms with E-state index in [0.717, 1.165) is 35.5 Å². The summed E-state index contributed by atoms with van der Waals surface area (Å²) in [4.78, 5) is 47.8. The maximum Gasteiger partial charge on any atom is 0.325 e. The lowest BCUT2D eigenvalue weighted by molar-refractivity contribution is -0.380. The van der Waals surface area contributed by atoms with Crippen molar-refractivity contribution in [2.24, 2.45) is 0 Å². The van der Waals surface area contributed by atoms with Gasteiger partial charge in [-0.05, 0) is 12.8 Å². The van der Waals surface area contributed by atoms with E-state index in [1.54, 1.807) is 5.38 Å². The number of hydrogen-bond donors (Lipinski definition) is 1. The Balaban J connectivity index is 1.48. The summed E-state index contributed by atoms with van der Waals surface area (Å²) in [6.45, 7) is -0.109. The van der Waals surface area contributed by atoms with Crippen LogP contribution in [0.5, 0.6) is 0 Å². The predicted octanol–water partition coefficient (Wildman–Crippen LogP) is 2.34. The summed E-state index contributed by atoms with van der Waals surface area (Å²) in [7, 11) is 0. The molecule has 3 rings (SSSR count). The van der Waals surface area contributed by atoms with Crippen molar-refractivity contribution in [2.75, 3.05) is 6.54 Å². The third-order valence-corrected chi connectivity index (χ3v) is 5.64. The minimum atomic E-state index is -0.797. The highest BCUT2D eigenvalue weighted by molar-refractivity contribution is 7.13. The van der Waals surface area contributed by atoms with Gasteiger partial charge in [-0.2, -0.15) is 0 Å². The molecule has 26 heavy (non-hydrogen) atoms. The number of hydrogen-bond acceptors (Lipinski definition) is 7. The molecule has 1 aromatic rings. The molecule has 1 spiro atoms. The summed E-state index contributed by atoms with van der Waals surface area (Å²) >= 11 is 0.960. The predicted molar refractivity (Wildman–Crippen MR) is 91.4 cm³/mol. The number of nitrogens with zero attached hydrogens (tertiary/aromatic N) is 2. The van der Waals surface area contributed by atoms with Crippen molar-refractivity contribution in [3.05, 3.63) is 27.1 Å². The van der Waals surface area contributed by atoms with E-state index >= 15 is 0 Å². The molecule has 1 aromatic heterocycles. The average molecular weight is 381 g/mol. The molecule has 9 nitrogen and oxygen atoms in total. The van der Waals surface area contributed by atoms with Crippen molar-refractivity contribution in [3.63, 3.8) is 0 Å². The van der Waals surface area contributed by atoms with Gasteiger partial charge in [0.25, 0.3) is 5.91 Å². The van der Waals surface area contributed by atoms with E-state index in [1.165, 1.54) is 6.07 Å². The first-order chi connectivity index (χ1) is 12.4. The van der Waals surface area contributed by atoms with Gasteiger partial charge in [0.2, 0.25) is 0 Å². The van der Waals surface area contributed by atoms with Gasteiger partial charge in [0.05, 0.1) is 11.3 Å². The summed E-state index contributed by atoms with van der Waals surface area (Å²) in [5.41, 5.74) is -0.263. The molecule has 1 saturated heterocycles. The van der Waals surface area contributed by atoms with Crippen molar-refractivity contribution in [1.82, 2.24) is 10.2 Å². The molecule has 0 bridgehead atoms. The molecule has 3 amide bonds. The first-order valence-corrected chi connectivity index (χ1v) is 9.31. The minimum Gasteiger partial charge on any atom is -0.461 e. The monoisotopic (exact) mass is 381 g/mol. The zero-order valence-corrected chi connectivity index (χ0v) is 14.9. The molecule has 2 aliphatic rings. The average Bonchev–Trinajstić information content (AvgIpc) is 3.17. The summed E-state index contributed by atoms with van der Waals surface area (Å²) in [5, 5.41) is 14.9. The molecule has 0 unspecified atom stereocenters. The lowest BCUT2D eigenvalue weighted by Crippen LogP contribution is -2.48. The molecule has 1 aliphatic carbocycles. The van der Waals surface area contributed by atoms with Crippen molar-refractivity contribution in [1.29, 1.82) is 0 Å². The maximum absolute atomic E-state index is 12.6. The van der Waals surface area contributed by atoms with Crippen LogP contribution in [-0.4, -0.2) is 39.8 Å². The number of esters is 1. The van der Waals surface area contributed by atoms with E-state index in [4.69, 9.17) is 4.74 Å². The molecule has 0 aromatic carbocycles. The molecule has 1 N–H and O–H groups in total. The van der Waals surface area contributed by atoms with Crippen LogP contribution in [-0.2, 0) is 20.9 Å². The molecule has 1 saturated carbocycles. The van der Waals surface area contributed by atoms with Gasteiger partial charge >= 0.3 is 17.0 Å². The molecule has 0 radical (unpaired) electrons. The lowest BCUT2D eigenvalue weighted by atomic mass is 9.82. The minimum absolute atomic E-state index is 0.0202. The number of nitro groups is 1. The fourth-order valence-electron chi connectivity index (χ4n) is 3.35.